The molecule has 0 heterocycles. The molecular weight excluding hydrogens is 240 g/mol. The van der Waals surface area contributed by atoms with Crippen molar-refractivity contribution in [2.75, 3.05) is 12.3 Å². The van der Waals surface area contributed by atoms with Crippen molar-refractivity contribution in [2.45, 2.75) is 25.8 Å². The smallest absolute Gasteiger partial charge is 0.253 e. The molecule has 94 valence electrons. The van der Waals surface area contributed by atoms with Crippen LogP contribution in [0.1, 0.15) is 30.6 Å². The number of carbonyl (C=O) groups is 1. The number of halogens is 1. The SMILES string of the molecule is CCC(C)(CO)NC(=O)c1cc(N)ccc1Cl. The van der Waals surface area contributed by atoms with Crippen LogP contribution in [0, 0.1) is 0 Å². The number of aliphatic hydroxyl groups is 1. The zero-order valence-electron chi connectivity index (χ0n) is 9.96. The molecule has 1 aromatic rings. The molecule has 0 spiro atoms. The lowest BCUT2D eigenvalue weighted by molar-refractivity contribution is 0.0847. The number of rotatable bonds is 4. The van der Waals surface area contributed by atoms with E-state index in [2.05, 4.69) is 5.32 Å². The third-order valence-electron chi connectivity index (χ3n) is 2.78. The average Bonchev–Trinajstić information content (AvgIpc) is 2.32. The van der Waals surface area contributed by atoms with Crippen LogP contribution >= 0.6 is 11.6 Å². The van der Waals surface area contributed by atoms with Crippen molar-refractivity contribution in [3.05, 3.63) is 28.8 Å². The zero-order chi connectivity index (χ0) is 13.1. The first-order valence-electron chi connectivity index (χ1n) is 5.40. The van der Waals surface area contributed by atoms with Gasteiger partial charge in [-0.15, -0.1) is 0 Å². The second-order valence-corrected chi connectivity index (χ2v) is 4.67. The van der Waals surface area contributed by atoms with Gasteiger partial charge in [0.15, 0.2) is 0 Å². The monoisotopic (exact) mass is 256 g/mol. The predicted molar refractivity (Wildman–Crippen MR) is 69.1 cm³/mol. The van der Waals surface area contributed by atoms with Crippen LogP contribution in [0.5, 0.6) is 0 Å². The highest BCUT2D eigenvalue weighted by Crippen LogP contribution is 2.20. The van der Waals surface area contributed by atoms with Crippen molar-refractivity contribution in [1.29, 1.82) is 0 Å². The Morgan fingerprint density at radius 2 is 2.24 bits per heavy atom. The molecule has 1 amide bonds. The van der Waals surface area contributed by atoms with Gasteiger partial charge >= 0.3 is 0 Å². The molecule has 0 saturated carbocycles. The Bertz CT molecular complexity index is 417. The number of nitrogens with one attached hydrogen (secondary N) is 1. The van der Waals surface area contributed by atoms with Gasteiger partial charge in [0.1, 0.15) is 0 Å². The van der Waals surface area contributed by atoms with Crippen molar-refractivity contribution < 1.29 is 9.90 Å². The maximum absolute atomic E-state index is 12.0. The van der Waals surface area contributed by atoms with Crippen LogP contribution in [0.3, 0.4) is 0 Å². The largest absolute Gasteiger partial charge is 0.399 e. The number of anilines is 1. The number of hydrogen-bond acceptors (Lipinski definition) is 3. The number of aliphatic hydroxyl groups excluding tert-OH is 1. The maximum atomic E-state index is 12.0. The summed E-state index contributed by atoms with van der Waals surface area (Å²) in [6.07, 6.45) is 0.620. The van der Waals surface area contributed by atoms with Crippen molar-refractivity contribution in [3.8, 4) is 0 Å². The summed E-state index contributed by atoms with van der Waals surface area (Å²) < 4.78 is 0. The molecule has 0 aliphatic carbocycles. The van der Waals surface area contributed by atoms with Crippen LogP contribution in [0.2, 0.25) is 5.02 Å². The van der Waals surface area contributed by atoms with E-state index in [-0.39, 0.29) is 12.5 Å². The van der Waals surface area contributed by atoms with Gasteiger partial charge < -0.3 is 16.2 Å². The highest BCUT2D eigenvalue weighted by molar-refractivity contribution is 6.34. The minimum Gasteiger partial charge on any atom is -0.399 e. The Hall–Kier alpha value is -1.26. The van der Waals surface area contributed by atoms with E-state index in [1.165, 1.54) is 6.07 Å². The fraction of sp³-hybridized carbons (Fsp3) is 0.417. The van der Waals surface area contributed by atoms with Crippen molar-refractivity contribution in [1.82, 2.24) is 5.32 Å². The van der Waals surface area contributed by atoms with Crippen molar-refractivity contribution in [2.24, 2.45) is 0 Å². The topological polar surface area (TPSA) is 75.3 Å². The molecule has 0 aliphatic heterocycles. The van der Waals surface area contributed by atoms with Crippen molar-refractivity contribution in [3.63, 3.8) is 0 Å². The van der Waals surface area contributed by atoms with Gasteiger partial charge in [0, 0.05) is 5.69 Å². The first-order chi connectivity index (χ1) is 7.91. The first kappa shape index (κ1) is 13.8. The van der Waals surface area contributed by atoms with E-state index in [0.717, 1.165) is 0 Å². The van der Waals surface area contributed by atoms with Gasteiger partial charge in [-0.25, -0.2) is 0 Å². The van der Waals surface area contributed by atoms with Crippen LogP contribution in [0.4, 0.5) is 5.69 Å². The van der Waals surface area contributed by atoms with Crippen molar-refractivity contribution >= 4 is 23.2 Å². The van der Waals surface area contributed by atoms with Gasteiger partial charge in [-0.2, -0.15) is 0 Å². The molecule has 5 heteroatoms. The summed E-state index contributed by atoms with van der Waals surface area (Å²) in [5, 5.41) is 12.3. The molecule has 1 unspecified atom stereocenters. The Kier molecular flexibility index (Phi) is 4.37. The second-order valence-electron chi connectivity index (χ2n) is 4.27. The van der Waals surface area contributed by atoms with E-state index >= 15 is 0 Å². The minimum atomic E-state index is -0.648. The molecule has 0 aromatic heterocycles. The number of carbonyl (C=O) groups excluding carboxylic acids is 1. The minimum absolute atomic E-state index is 0.130. The average molecular weight is 257 g/mol. The molecular formula is C12H17ClN2O2. The van der Waals surface area contributed by atoms with E-state index in [0.29, 0.717) is 22.7 Å². The molecule has 0 saturated heterocycles. The number of hydrogen-bond donors (Lipinski definition) is 3. The highest BCUT2D eigenvalue weighted by atomic mass is 35.5. The lowest BCUT2D eigenvalue weighted by Gasteiger charge is -2.27. The predicted octanol–water partition coefficient (Wildman–Crippen LogP) is 1.81. The van der Waals surface area contributed by atoms with E-state index in [1.54, 1.807) is 19.1 Å². The maximum Gasteiger partial charge on any atom is 0.253 e. The molecule has 17 heavy (non-hydrogen) atoms. The zero-order valence-corrected chi connectivity index (χ0v) is 10.7. The van der Waals surface area contributed by atoms with Gasteiger partial charge in [-0.3, -0.25) is 4.79 Å². The molecule has 4 nitrogen and oxygen atoms in total. The Morgan fingerprint density at radius 1 is 1.59 bits per heavy atom. The third kappa shape index (κ3) is 3.35. The van der Waals surface area contributed by atoms with E-state index < -0.39 is 5.54 Å². The van der Waals surface area contributed by atoms with E-state index in [1.807, 2.05) is 6.92 Å². The molecule has 0 fully saturated rings. The Labute approximate surface area is 106 Å². The van der Waals surface area contributed by atoms with E-state index in [9.17, 15) is 9.90 Å². The fourth-order valence-electron chi connectivity index (χ4n) is 1.30. The highest BCUT2D eigenvalue weighted by Gasteiger charge is 2.24. The fourth-order valence-corrected chi connectivity index (χ4v) is 1.50. The number of nitrogen functional groups attached to an aromatic ring is 1. The molecule has 0 aliphatic rings. The van der Waals surface area contributed by atoms with Crippen LogP contribution in [0.25, 0.3) is 0 Å². The van der Waals surface area contributed by atoms with Gasteiger partial charge in [0.2, 0.25) is 0 Å². The summed E-state index contributed by atoms with van der Waals surface area (Å²) in [7, 11) is 0. The van der Waals surface area contributed by atoms with Crippen LogP contribution in [-0.2, 0) is 0 Å². The lowest BCUT2D eigenvalue weighted by Crippen LogP contribution is -2.48. The summed E-state index contributed by atoms with van der Waals surface area (Å²) in [4.78, 5) is 12.0. The van der Waals surface area contributed by atoms with Crippen LogP contribution < -0.4 is 11.1 Å². The molecule has 0 bridgehead atoms. The first-order valence-corrected chi connectivity index (χ1v) is 5.78. The van der Waals surface area contributed by atoms with E-state index in [4.69, 9.17) is 17.3 Å². The van der Waals surface area contributed by atoms with Gasteiger partial charge in [-0.05, 0) is 31.5 Å². The Morgan fingerprint density at radius 3 is 2.76 bits per heavy atom. The summed E-state index contributed by atoms with van der Waals surface area (Å²) in [5.74, 6) is -0.333. The number of amides is 1. The molecule has 0 radical (unpaired) electrons. The summed E-state index contributed by atoms with van der Waals surface area (Å²) in [5.41, 5.74) is 5.75. The lowest BCUT2D eigenvalue weighted by atomic mass is 9.99. The normalized spacial score (nSPS) is 14.1. The van der Waals surface area contributed by atoms with Crippen LogP contribution in [-0.4, -0.2) is 23.2 Å². The van der Waals surface area contributed by atoms with Gasteiger partial charge in [-0.1, -0.05) is 18.5 Å². The number of nitrogens with two attached hydrogens (primary N) is 1. The molecule has 4 N–H and O–H groups in total. The van der Waals surface area contributed by atoms with Gasteiger partial charge in [0.25, 0.3) is 5.91 Å². The third-order valence-corrected chi connectivity index (χ3v) is 3.11. The number of benzene rings is 1. The standard InChI is InChI=1S/C12H17ClN2O2/c1-3-12(2,7-16)15-11(17)9-6-8(14)4-5-10(9)13/h4-6,16H,3,7,14H2,1-2H3,(H,15,17). The quantitative estimate of drug-likeness (QED) is 0.720. The summed E-state index contributed by atoms with van der Waals surface area (Å²) in [6.45, 7) is 3.53. The summed E-state index contributed by atoms with van der Waals surface area (Å²) in [6, 6.07) is 4.73. The molecule has 1 aromatic carbocycles. The molecule has 1 atom stereocenters. The second kappa shape index (κ2) is 5.38. The summed E-state index contributed by atoms with van der Waals surface area (Å²) >= 11 is 5.93. The Balaban J connectivity index is 2.94. The van der Waals surface area contributed by atoms with Gasteiger partial charge in [0.05, 0.1) is 22.7 Å². The molecule has 1 rings (SSSR count). The van der Waals surface area contributed by atoms with Crippen LogP contribution in [0.15, 0.2) is 18.2 Å².